The second kappa shape index (κ2) is 10.0. The molecule has 0 amide bonds. The zero-order chi connectivity index (χ0) is 26.1. The number of ether oxygens (including phenoxy) is 2. The quantitative estimate of drug-likeness (QED) is 0.372. The number of anilines is 1. The molecule has 0 aliphatic carbocycles. The smallest absolute Gasteiger partial charge is 0.350 e. The van der Waals surface area contributed by atoms with Gasteiger partial charge < -0.3 is 14.4 Å². The molecule has 38 heavy (non-hydrogen) atoms. The van der Waals surface area contributed by atoms with Crippen LogP contribution in [0.3, 0.4) is 0 Å². The topological polar surface area (TPSA) is 74.4 Å². The molecule has 2 aliphatic rings. The van der Waals surface area contributed by atoms with Crippen molar-refractivity contribution in [3.05, 3.63) is 94.8 Å². The lowest BCUT2D eigenvalue weighted by Gasteiger charge is -2.33. The van der Waals surface area contributed by atoms with E-state index in [1.54, 1.807) is 30.5 Å². The third kappa shape index (κ3) is 4.79. The van der Waals surface area contributed by atoms with Crippen LogP contribution in [0.5, 0.6) is 11.5 Å². The molecule has 2 saturated heterocycles. The standard InChI is InChI=1S/C28H27F2N5O3/c29-24-2-1-3-25(30)23(24)17-34-19-32-35(27(34)36)20-4-6-21(7-5-20)38-22-8-12-31-26(16-22)33-13-9-28(18-33)10-14-37-15-11-28/h1-8,12,16,19H,9-11,13-15,17-18H2. The maximum Gasteiger partial charge on any atom is 0.350 e. The van der Waals surface area contributed by atoms with Crippen LogP contribution in [0, 0.1) is 17.0 Å². The summed E-state index contributed by atoms with van der Waals surface area (Å²) in [5.74, 6) is 0.737. The van der Waals surface area contributed by atoms with Gasteiger partial charge in [-0.3, -0.25) is 4.57 Å². The van der Waals surface area contributed by atoms with Crippen molar-refractivity contribution >= 4 is 5.82 Å². The zero-order valence-corrected chi connectivity index (χ0v) is 20.7. The highest BCUT2D eigenvalue weighted by Crippen LogP contribution is 2.41. The number of benzene rings is 2. The molecular weight excluding hydrogens is 492 g/mol. The number of nitrogens with zero attached hydrogens (tertiary/aromatic N) is 5. The lowest BCUT2D eigenvalue weighted by atomic mass is 9.80. The summed E-state index contributed by atoms with van der Waals surface area (Å²) in [5.41, 5.74) is 0.130. The number of aromatic nitrogens is 4. The van der Waals surface area contributed by atoms with Crippen molar-refractivity contribution in [2.24, 2.45) is 5.41 Å². The summed E-state index contributed by atoms with van der Waals surface area (Å²) in [6, 6.07) is 14.2. The van der Waals surface area contributed by atoms with Crippen molar-refractivity contribution in [1.29, 1.82) is 0 Å². The molecule has 4 heterocycles. The van der Waals surface area contributed by atoms with E-state index in [0.717, 1.165) is 68.1 Å². The molecule has 1 spiro atoms. The summed E-state index contributed by atoms with van der Waals surface area (Å²) in [4.78, 5) is 19.7. The Bertz CT molecular complexity index is 1470. The normalized spacial score (nSPS) is 16.7. The molecule has 2 aliphatic heterocycles. The van der Waals surface area contributed by atoms with Gasteiger partial charge in [-0.1, -0.05) is 6.07 Å². The van der Waals surface area contributed by atoms with Crippen LogP contribution in [-0.4, -0.2) is 45.6 Å². The Balaban J connectivity index is 1.14. The molecule has 8 nitrogen and oxygen atoms in total. The highest BCUT2D eigenvalue weighted by Gasteiger charge is 2.39. The van der Waals surface area contributed by atoms with Gasteiger partial charge in [0.1, 0.15) is 35.3 Å². The molecule has 2 aromatic heterocycles. The average molecular weight is 520 g/mol. The number of rotatable bonds is 6. The lowest BCUT2D eigenvalue weighted by molar-refractivity contribution is 0.0254. The molecule has 10 heteroatoms. The van der Waals surface area contributed by atoms with Gasteiger partial charge in [0.2, 0.25) is 0 Å². The van der Waals surface area contributed by atoms with Crippen molar-refractivity contribution < 1.29 is 18.3 Å². The van der Waals surface area contributed by atoms with Crippen LogP contribution in [-0.2, 0) is 11.3 Å². The number of hydrogen-bond donors (Lipinski definition) is 0. The van der Waals surface area contributed by atoms with Gasteiger partial charge in [-0.05, 0) is 67.1 Å². The lowest BCUT2D eigenvalue weighted by Crippen LogP contribution is -2.33. The molecular formula is C28H27F2N5O3. The monoisotopic (exact) mass is 519 g/mol. The molecule has 0 saturated carbocycles. The molecule has 0 N–H and O–H groups in total. The molecule has 196 valence electrons. The summed E-state index contributed by atoms with van der Waals surface area (Å²) in [6.07, 6.45) is 6.34. The molecule has 2 fully saturated rings. The Labute approximate surface area is 218 Å². The van der Waals surface area contributed by atoms with Crippen molar-refractivity contribution in [2.45, 2.75) is 25.8 Å². The predicted octanol–water partition coefficient (Wildman–Crippen LogP) is 4.55. The van der Waals surface area contributed by atoms with E-state index in [-0.39, 0.29) is 12.1 Å². The fourth-order valence-corrected chi connectivity index (χ4v) is 5.24. The Morgan fingerprint density at radius 1 is 0.974 bits per heavy atom. The molecule has 0 unspecified atom stereocenters. The Kier molecular flexibility index (Phi) is 6.40. The van der Waals surface area contributed by atoms with Crippen LogP contribution >= 0.6 is 0 Å². The summed E-state index contributed by atoms with van der Waals surface area (Å²) in [6.45, 7) is 3.35. The Morgan fingerprint density at radius 2 is 1.74 bits per heavy atom. The molecule has 0 atom stereocenters. The van der Waals surface area contributed by atoms with Gasteiger partial charge in [-0.15, -0.1) is 0 Å². The van der Waals surface area contributed by atoms with Crippen LogP contribution < -0.4 is 15.3 Å². The molecule has 0 bridgehead atoms. The second-order valence-corrected chi connectivity index (χ2v) is 9.88. The zero-order valence-electron chi connectivity index (χ0n) is 20.7. The van der Waals surface area contributed by atoms with E-state index in [1.807, 2.05) is 12.1 Å². The molecule has 0 radical (unpaired) electrons. The van der Waals surface area contributed by atoms with E-state index >= 15 is 0 Å². The summed E-state index contributed by atoms with van der Waals surface area (Å²) in [7, 11) is 0. The van der Waals surface area contributed by atoms with Crippen molar-refractivity contribution in [1.82, 2.24) is 19.3 Å². The predicted molar refractivity (Wildman–Crippen MR) is 137 cm³/mol. The first-order chi connectivity index (χ1) is 18.5. The van der Waals surface area contributed by atoms with Crippen molar-refractivity contribution in [2.75, 3.05) is 31.2 Å². The first-order valence-corrected chi connectivity index (χ1v) is 12.6. The van der Waals surface area contributed by atoms with Gasteiger partial charge in [0, 0.05) is 44.1 Å². The molecule has 2 aromatic carbocycles. The minimum absolute atomic E-state index is 0.188. The molecule has 4 aromatic rings. The van der Waals surface area contributed by atoms with Gasteiger partial charge in [-0.2, -0.15) is 9.78 Å². The van der Waals surface area contributed by atoms with Gasteiger partial charge in [0.25, 0.3) is 0 Å². The number of halogens is 2. The van der Waals surface area contributed by atoms with Crippen LogP contribution in [0.1, 0.15) is 24.8 Å². The van der Waals surface area contributed by atoms with E-state index in [4.69, 9.17) is 9.47 Å². The average Bonchev–Trinajstić information content (AvgIpc) is 3.51. The summed E-state index contributed by atoms with van der Waals surface area (Å²) < 4.78 is 42.0. The first-order valence-electron chi connectivity index (χ1n) is 12.6. The summed E-state index contributed by atoms with van der Waals surface area (Å²) >= 11 is 0. The Hall–Kier alpha value is -4.05. The van der Waals surface area contributed by atoms with Gasteiger partial charge >= 0.3 is 5.69 Å². The first kappa shape index (κ1) is 24.3. The number of pyridine rings is 1. The fraction of sp³-hybridized carbons (Fsp3) is 0.321. The van der Waals surface area contributed by atoms with E-state index in [1.165, 1.54) is 17.1 Å². The summed E-state index contributed by atoms with van der Waals surface area (Å²) in [5, 5.41) is 4.11. The second-order valence-electron chi connectivity index (χ2n) is 9.88. The van der Waals surface area contributed by atoms with Crippen LogP contribution in [0.25, 0.3) is 5.69 Å². The van der Waals surface area contributed by atoms with E-state index in [0.29, 0.717) is 22.6 Å². The van der Waals surface area contributed by atoms with Crippen LogP contribution in [0.15, 0.2) is 71.9 Å². The van der Waals surface area contributed by atoms with Crippen molar-refractivity contribution in [3.63, 3.8) is 0 Å². The maximum absolute atomic E-state index is 14.0. The molecule has 6 rings (SSSR count). The van der Waals surface area contributed by atoms with E-state index < -0.39 is 17.3 Å². The number of hydrogen-bond acceptors (Lipinski definition) is 6. The van der Waals surface area contributed by atoms with E-state index in [2.05, 4.69) is 15.0 Å². The Morgan fingerprint density at radius 3 is 2.50 bits per heavy atom. The minimum atomic E-state index is -0.710. The third-order valence-electron chi connectivity index (χ3n) is 7.47. The highest BCUT2D eigenvalue weighted by atomic mass is 19.1. The van der Waals surface area contributed by atoms with Crippen LogP contribution in [0.2, 0.25) is 0 Å². The van der Waals surface area contributed by atoms with Gasteiger partial charge in [-0.25, -0.2) is 18.6 Å². The van der Waals surface area contributed by atoms with E-state index in [9.17, 15) is 13.6 Å². The minimum Gasteiger partial charge on any atom is -0.457 e. The van der Waals surface area contributed by atoms with Gasteiger partial charge in [0.05, 0.1) is 12.2 Å². The van der Waals surface area contributed by atoms with Crippen molar-refractivity contribution in [3.8, 4) is 17.2 Å². The SMILES string of the molecule is O=c1n(Cc2c(F)cccc2F)cnn1-c1ccc(Oc2ccnc(N3CCC4(CCOCC4)C3)c2)cc1. The third-order valence-corrected chi connectivity index (χ3v) is 7.47. The fourth-order valence-electron chi connectivity index (χ4n) is 5.24. The largest absolute Gasteiger partial charge is 0.457 e. The maximum atomic E-state index is 14.0. The van der Waals surface area contributed by atoms with Gasteiger partial charge in [0.15, 0.2) is 0 Å². The highest BCUT2D eigenvalue weighted by molar-refractivity contribution is 5.47. The van der Waals surface area contributed by atoms with Crippen LogP contribution in [0.4, 0.5) is 14.6 Å².